The molecule has 0 saturated heterocycles. The molecule has 0 radical (unpaired) electrons. The van der Waals surface area contributed by atoms with Crippen LogP contribution in [0.15, 0.2) is 54.6 Å². The predicted octanol–water partition coefficient (Wildman–Crippen LogP) is 3.46. The van der Waals surface area contributed by atoms with E-state index in [-0.39, 0.29) is 5.82 Å². The molecule has 2 aromatic rings. The molecular weight excluding hydrogens is 201 g/mol. The topological polar surface area (TPSA) is 3.24 Å². The van der Waals surface area contributed by atoms with Gasteiger partial charge in [-0.15, -0.1) is 0 Å². The summed E-state index contributed by atoms with van der Waals surface area (Å²) < 4.78 is 12.8. The van der Waals surface area contributed by atoms with E-state index in [1.54, 1.807) is 12.1 Å². The summed E-state index contributed by atoms with van der Waals surface area (Å²) in [6, 6.07) is 16.8. The van der Waals surface area contributed by atoms with E-state index in [1.165, 1.54) is 17.7 Å². The molecule has 0 fully saturated rings. The molecule has 0 N–H and O–H groups in total. The maximum Gasteiger partial charge on any atom is 0.123 e. The molecule has 2 heteroatoms. The fourth-order valence-electron chi connectivity index (χ4n) is 1.64. The lowest BCUT2D eigenvalue weighted by atomic mass is 10.2. The highest BCUT2D eigenvalue weighted by Gasteiger charge is 2.01. The van der Waals surface area contributed by atoms with Gasteiger partial charge in [-0.05, 0) is 29.8 Å². The van der Waals surface area contributed by atoms with Crippen molar-refractivity contribution in [2.75, 3.05) is 11.9 Å². The summed E-state index contributed by atoms with van der Waals surface area (Å²) in [4.78, 5) is 2.09. The molecule has 0 spiro atoms. The summed E-state index contributed by atoms with van der Waals surface area (Å²) in [5.41, 5.74) is 2.26. The Hall–Kier alpha value is -1.83. The van der Waals surface area contributed by atoms with E-state index in [4.69, 9.17) is 0 Å². The molecular formula is C14H14FN. The SMILES string of the molecule is CN(Cc1ccccc1)c1ccc(F)cc1. The monoisotopic (exact) mass is 215 g/mol. The van der Waals surface area contributed by atoms with Crippen LogP contribution in [0.25, 0.3) is 0 Å². The first kappa shape index (κ1) is 10.7. The molecule has 1 nitrogen and oxygen atoms in total. The fourth-order valence-corrected chi connectivity index (χ4v) is 1.64. The third-order valence-electron chi connectivity index (χ3n) is 2.53. The normalized spacial score (nSPS) is 10.1. The summed E-state index contributed by atoms with van der Waals surface area (Å²) >= 11 is 0. The van der Waals surface area contributed by atoms with E-state index < -0.39 is 0 Å². The molecule has 0 atom stereocenters. The standard InChI is InChI=1S/C14H14FN/c1-16(11-12-5-3-2-4-6-12)14-9-7-13(15)8-10-14/h2-10H,11H2,1H3. The van der Waals surface area contributed by atoms with Gasteiger partial charge in [-0.3, -0.25) is 0 Å². The Morgan fingerprint density at radius 2 is 1.56 bits per heavy atom. The first-order valence-electron chi connectivity index (χ1n) is 5.26. The van der Waals surface area contributed by atoms with Crippen LogP contribution in [0.1, 0.15) is 5.56 Å². The molecule has 0 aliphatic rings. The van der Waals surface area contributed by atoms with E-state index in [9.17, 15) is 4.39 Å². The number of hydrogen-bond donors (Lipinski definition) is 0. The summed E-state index contributed by atoms with van der Waals surface area (Å²) in [7, 11) is 2.00. The number of nitrogens with zero attached hydrogens (tertiary/aromatic N) is 1. The Bertz CT molecular complexity index is 436. The summed E-state index contributed by atoms with van der Waals surface area (Å²) in [5, 5.41) is 0. The zero-order valence-corrected chi connectivity index (χ0v) is 9.23. The summed E-state index contributed by atoms with van der Waals surface area (Å²) in [5.74, 6) is -0.197. The first-order chi connectivity index (χ1) is 7.75. The highest BCUT2D eigenvalue weighted by molar-refractivity contribution is 5.45. The molecule has 0 amide bonds. The van der Waals surface area contributed by atoms with E-state index in [2.05, 4.69) is 17.0 Å². The predicted molar refractivity (Wildman–Crippen MR) is 64.9 cm³/mol. The van der Waals surface area contributed by atoms with Crippen LogP contribution in [0.5, 0.6) is 0 Å². The minimum absolute atomic E-state index is 0.197. The van der Waals surface area contributed by atoms with Crippen molar-refractivity contribution in [1.29, 1.82) is 0 Å². The van der Waals surface area contributed by atoms with Crippen molar-refractivity contribution < 1.29 is 4.39 Å². The quantitative estimate of drug-likeness (QED) is 0.757. The van der Waals surface area contributed by atoms with Gasteiger partial charge in [0.1, 0.15) is 5.82 Å². The zero-order chi connectivity index (χ0) is 11.4. The van der Waals surface area contributed by atoms with Crippen LogP contribution in [0.2, 0.25) is 0 Å². The highest BCUT2D eigenvalue weighted by atomic mass is 19.1. The molecule has 0 saturated carbocycles. The minimum Gasteiger partial charge on any atom is -0.370 e. The van der Waals surface area contributed by atoms with Gasteiger partial charge < -0.3 is 4.90 Å². The molecule has 2 rings (SSSR count). The molecule has 0 heterocycles. The van der Waals surface area contributed by atoms with Crippen LogP contribution in [-0.4, -0.2) is 7.05 Å². The van der Waals surface area contributed by atoms with Crippen molar-refractivity contribution in [3.05, 3.63) is 66.0 Å². The second-order valence-corrected chi connectivity index (χ2v) is 3.82. The second-order valence-electron chi connectivity index (χ2n) is 3.82. The van der Waals surface area contributed by atoms with Crippen LogP contribution < -0.4 is 4.90 Å². The Labute approximate surface area is 95.1 Å². The van der Waals surface area contributed by atoms with Crippen molar-refractivity contribution in [1.82, 2.24) is 0 Å². The molecule has 2 aromatic carbocycles. The van der Waals surface area contributed by atoms with Crippen LogP contribution in [0.4, 0.5) is 10.1 Å². The van der Waals surface area contributed by atoms with Gasteiger partial charge in [0, 0.05) is 19.3 Å². The maximum atomic E-state index is 12.8. The summed E-state index contributed by atoms with van der Waals surface area (Å²) in [6.07, 6.45) is 0. The molecule has 82 valence electrons. The average Bonchev–Trinajstić information content (AvgIpc) is 2.31. The van der Waals surface area contributed by atoms with Gasteiger partial charge in [0.2, 0.25) is 0 Å². The number of anilines is 1. The van der Waals surface area contributed by atoms with Crippen molar-refractivity contribution in [2.45, 2.75) is 6.54 Å². The first-order valence-corrected chi connectivity index (χ1v) is 5.26. The highest BCUT2D eigenvalue weighted by Crippen LogP contribution is 2.15. The number of halogens is 1. The molecule has 0 aliphatic heterocycles. The lowest BCUT2D eigenvalue weighted by molar-refractivity contribution is 0.627. The van der Waals surface area contributed by atoms with Gasteiger partial charge >= 0.3 is 0 Å². The largest absolute Gasteiger partial charge is 0.370 e. The maximum absolute atomic E-state index is 12.8. The third-order valence-corrected chi connectivity index (χ3v) is 2.53. The van der Waals surface area contributed by atoms with E-state index in [1.807, 2.05) is 25.2 Å². The fraction of sp³-hybridized carbons (Fsp3) is 0.143. The third kappa shape index (κ3) is 2.60. The molecule has 0 aromatic heterocycles. The number of hydrogen-bond acceptors (Lipinski definition) is 1. The Morgan fingerprint density at radius 1 is 0.938 bits per heavy atom. The van der Waals surface area contributed by atoms with E-state index >= 15 is 0 Å². The van der Waals surface area contributed by atoms with Crippen LogP contribution in [0, 0.1) is 5.82 Å². The van der Waals surface area contributed by atoms with Gasteiger partial charge in [0.25, 0.3) is 0 Å². The Kier molecular flexibility index (Phi) is 3.20. The Morgan fingerprint density at radius 3 is 2.19 bits per heavy atom. The lowest BCUT2D eigenvalue weighted by Crippen LogP contribution is -2.16. The van der Waals surface area contributed by atoms with Gasteiger partial charge in [0.05, 0.1) is 0 Å². The Balaban J connectivity index is 2.09. The van der Waals surface area contributed by atoms with Crippen molar-refractivity contribution >= 4 is 5.69 Å². The van der Waals surface area contributed by atoms with Crippen LogP contribution in [0.3, 0.4) is 0 Å². The molecule has 0 unspecified atom stereocenters. The zero-order valence-electron chi connectivity index (χ0n) is 9.23. The summed E-state index contributed by atoms with van der Waals surface area (Å²) in [6.45, 7) is 0.826. The number of rotatable bonds is 3. The average molecular weight is 215 g/mol. The van der Waals surface area contributed by atoms with Crippen LogP contribution in [-0.2, 0) is 6.54 Å². The van der Waals surface area contributed by atoms with Gasteiger partial charge in [0.15, 0.2) is 0 Å². The molecule has 16 heavy (non-hydrogen) atoms. The second kappa shape index (κ2) is 4.79. The van der Waals surface area contributed by atoms with Gasteiger partial charge in [-0.2, -0.15) is 0 Å². The van der Waals surface area contributed by atoms with E-state index in [0.29, 0.717) is 0 Å². The van der Waals surface area contributed by atoms with E-state index in [0.717, 1.165) is 12.2 Å². The van der Waals surface area contributed by atoms with Crippen molar-refractivity contribution in [2.24, 2.45) is 0 Å². The smallest absolute Gasteiger partial charge is 0.123 e. The lowest BCUT2D eigenvalue weighted by Gasteiger charge is -2.19. The van der Waals surface area contributed by atoms with Gasteiger partial charge in [-0.25, -0.2) is 4.39 Å². The molecule has 0 aliphatic carbocycles. The van der Waals surface area contributed by atoms with Gasteiger partial charge in [-0.1, -0.05) is 30.3 Å². The minimum atomic E-state index is -0.197. The van der Waals surface area contributed by atoms with Crippen molar-refractivity contribution in [3.63, 3.8) is 0 Å². The van der Waals surface area contributed by atoms with Crippen molar-refractivity contribution in [3.8, 4) is 0 Å². The van der Waals surface area contributed by atoms with Crippen LogP contribution >= 0.6 is 0 Å². The molecule has 0 bridgehead atoms. The number of benzene rings is 2.